The second-order valence-electron chi connectivity index (χ2n) is 5.65. The summed E-state index contributed by atoms with van der Waals surface area (Å²) in [5.41, 5.74) is 2.35. The van der Waals surface area contributed by atoms with Crippen LogP contribution < -0.4 is 14.8 Å². The van der Waals surface area contributed by atoms with Crippen molar-refractivity contribution in [2.24, 2.45) is 5.92 Å². The molecular formula is C17H26ClNO2. The van der Waals surface area contributed by atoms with Crippen LogP contribution in [0.5, 0.6) is 11.5 Å². The number of methoxy groups -OCH3 is 2. The summed E-state index contributed by atoms with van der Waals surface area (Å²) >= 11 is 6.25. The number of hydrogen-bond acceptors (Lipinski definition) is 3. The molecule has 3 nitrogen and oxygen atoms in total. The molecule has 21 heavy (non-hydrogen) atoms. The predicted molar refractivity (Wildman–Crippen MR) is 90.5 cm³/mol. The van der Waals surface area contributed by atoms with Gasteiger partial charge in [-0.3, -0.25) is 0 Å². The van der Waals surface area contributed by atoms with Crippen molar-refractivity contribution in [2.45, 2.75) is 33.7 Å². The van der Waals surface area contributed by atoms with E-state index in [0.717, 1.165) is 12.1 Å². The molecule has 0 spiro atoms. The zero-order valence-electron chi connectivity index (χ0n) is 13.8. The molecule has 0 aromatic heterocycles. The highest BCUT2D eigenvalue weighted by molar-refractivity contribution is 6.32. The van der Waals surface area contributed by atoms with Crippen molar-refractivity contribution in [3.8, 4) is 11.5 Å². The monoisotopic (exact) mass is 311 g/mol. The van der Waals surface area contributed by atoms with Gasteiger partial charge in [0.15, 0.2) is 11.5 Å². The van der Waals surface area contributed by atoms with Gasteiger partial charge in [0, 0.05) is 12.6 Å². The summed E-state index contributed by atoms with van der Waals surface area (Å²) in [4.78, 5) is 0. The number of halogens is 1. The lowest BCUT2D eigenvalue weighted by Crippen LogP contribution is -2.26. The summed E-state index contributed by atoms with van der Waals surface area (Å²) in [5, 5.41) is 4.01. The maximum Gasteiger partial charge on any atom is 0.179 e. The van der Waals surface area contributed by atoms with Crippen LogP contribution in [0.1, 0.15) is 33.3 Å². The smallest absolute Gasteiger partial charge is 0.179 e. The van der Waals surface area contributed by atoms with Crippen molar-refractivity contribution in [2.75, 3.05) is 20.8 Å². The van der Waals surface area contributed by atoms with Gasteiger partial charge < -0.3 is 14.8 Å². The minimum absolute atomic E-state index is 0.459. The minimum Gasteiger partial charge on any atom is -0.493 e. The molecule has 1 aromatic rings. The Morgan fingerprint density at radius 3 is 2.33 bits per heavy atom. The maximum absolute atomic E-state index is 6.25. The van der Waals surface area contributed by atoms with Crippen molar-refractivity contribution < 1.29 is 9.47 Å². The van der Waals surface area contributed by atoms with Crippen LogP contribution in [0, 0.1) is 5.92 Å². The molecule has 0 bridgehead atoms. The van der Waals surface area contributed by atoms with Gasteiger partial charge >= 0.3 is 0 Å². The van der Waals surface area contributed by atoms with Crippen LogP contribution in [-0.4, -0.2) is 26.8 Å². The number of nitrogens with one attached hydrogen (secondary N) is 1. The lowest BCUT2D eigenvalue weighted by molar-refractivity contribution is 0.355. The van der Waals surface area contributed by atoms with E-state index in [1.54, 1.807) is 14.2 Å². The van der Waals surface area contributed by atoms with E-state index in [-0.39, 0.29) is 0 Å². The standard InChI is InChI=1S/C17H26ClNO2/c1-11(2)14(10-19-12(3)4)7-13-8-15(18)17(21-6)16(9-13)20-5/h7-9,11-12,19H,10H2,1-6H3. The molecule has 0 fully saturated rings. The van der Waals surface area contributed by atoms with Gasteiger partial charge in [-0.15, -0.1) is 0 Å². The van der Waals surface area contributed by atoms with Crippen molar-refractivity contribution in [3.63, 3.8) is 0 Å². The molecule has 0 aliphatic heterocycles. The minimum atomic E-state index is 0.459. The fourth-order valence-electron chi connectivity index (χ4n) is 1.98. The zero-order valence-corrected chi connectivity index (χ0v) is 14.5. The highest BCUT2D eigenvalue weighted by atomic mass is 35.5. The fraction of sp³-hybridized carbons (Fsp3) is 0.529. The Morgan fingerprint density at radius 2 is 1.86 bits per heavy atom. The summed E-state index contributed by atoms with van der Waals surface area (Å²) in [5.74, 6) is 1.68. The first-order chi connectivity index (χ1) is 9.88. The van der Waals surface area contributed by atoms with E-state index < -0.39 is 0 Å². The molecule has 0 saturated carbocycles. The molecule has 0 radical (unpaired) electrons. The molecule has 1 N–H and O–H groups in total. The van der Waals surface area contributed by atoms with E-state index in [1.165, 1.54) is 5.57 Å². The highest BCUT2D eigenvalue weighted by Crippen LogP contribution is 2.36. The largest absolute Gasteiger partial charge is 0.493 e. The Hall–Kier alpha value is -1.19. The first-order valence-corrected chi connectivity index (χ1v) is 7.62. The number of hydrogen-bond donors (Lipinski definition) is 1. The average Bonchev–Trinajstić information content (AvgIpc) is 2.42. The van der Waals surface area contributed by atoms with Gasteiger partial charge in [0.1, 0.15) is 0 Å². The predicted octanol–water partition coefficient (Wildman–Crippen LogP) is 4.39. The van der Waals surface area contributed by atoms with Gasteiger partial charge in [0.05, 0.1) is 19.2 Å². The summed E-state index contributed by atoms with van der Waals surface area (Å²) in [7, 11) is 3.21. The molecule has 1 aromatic carbocycles. The normalized spacial score (nSPS) is 12.1. The van der Waals surface area contributed by atoms with E-state index in [9.17, 15) is 0 Å². The van der Waals surface area contributed by atoms with Crippen LogP contribution in [0.2, 0.25) is 5.02 Å². The van der Waals surface area contributed by atoms with E-state index in [0.29, 0.717) is 28.5 Å². The Morgan fingerprint density at radius 1 is 1.19 bits per heavy atom. The molecule has 4 heteroatoms. The van der Waals surface area contributed by atoms with Crippen molar-refractivity contribution in [1.82, 2.24) is 5.32 Å². The van der Waals surface area contributed by atoms with Gasteiger partial charge in [-0.05, 0) is 23.6 Å². The van der Waals surface area contributed by atoms with Crippen molar-refractivity contribution >= 4 is 17.7 Å². The first-order valence-electron chi connectivity index (χ1n) is 7.24. The topological polar surface area (TPSA) is 30.5 Å². The molecule has 0 unspecified atom stereocenters. The van der Waals surface area contributed by atoms with E-state index in [4.69, 9.17) is 21.1 Å². The molecule has 118 valence electrons. The molecule has 0 atom stereocenters. The van der Waals surface area contributed by atoms with E-state index >= 15 is 0 Å². The highest BCUT2D eigenvalue weighted by Gasteiger charge is 2.11. The Bertz CT molecular complexity index is 496. The lowest BCUT2D eigenvalue weighted by atomic mass is 9.99. The molecule has 0 heterocycles. The molecule has 0 saturated heterocycles. The van der Waals surface area contributed by atoms with Crippen LogP contribution in [0.25, 0.3) is 6.08 Å². The van der Waals surface area contributed by atoms with Crippen LogP contribution in [0.3, 0.4) is 0 Å². The first kappa shape index (κ1) is 17.9. The summed E-state index contributed by atoms with van der Waals surface area (Å²) in [6, 6.07) is 4.31. The molecular weight excluding hydrogens is 286 g/mol. The van der Waals surface area contributed by atoms with Gasteiger partial charge in [0.25, 0.3) is 0 Å². The van der Waals surface area contributed by atoms with Gasteiger partial charge in [-0.1, -0.05) is 50.9 Å². The number of rotatable bonds is 7. The third-order valence-electron chi connectivity index (χ3n) is 3.26. The van der Waals surface area contributed by atoms with Crippen LogP contribution in [0.4, 0.5) is 0 Å². The van der Waals surface area contributed by atoms with Gasteiger partial charge in [-0.25, -0.2) is 0 Å². The van der Waals surface area contributed by atoms with E-state index in [2.05, 4.69) is 39.1 Å². The molecule has 0 aliphatic carbocycles. The van der Waals surface area contributed by atoms with Crippen LogP contribution in [0.15, 0.2) is 17.7 Å². The van der Waals surface area contributed by atoms with Gasteiger partial charge in [0.2, 0.25) is 0 Å². The Labute approximate surface area is 133 Å². The average molecular weight is 312 g/mol. The molecule has 1 rings (SSSR count). The van der Waals surface area contributed by atoms with E-state index in [1.807, 2.05) is 12.1 Å². The van der Waals surface area contributed by atoms with Crippen molar-refractivity contribution in [1.29, 1.82) is 0 Å². The zero-order chi connectivity index (χ0) is 16.0. The second kappa shape index (κ2) is 8.30. The number of benzene rings is 1. The second-order valence-corrected chi connectivity index (χ2v) is 6.05. The molecule has 0 amide bonds. The Kier molecular flexibility index (Phi) is 7.06. The SMILES string of the molecule is COc1cc(C=C(CNC(C)C)C(C)C)cc(Cl)c1OC. The molecule has 0 aliphatic rings. The summed E-state index contributed by atoms with van der Waals surface area (Å²) in [6.45, 7) is 9.53. The third-order valence-corrected chi connectivity index (χ3v) is 3.54. The quantitative estimate of drug-likeness (QED) is 0.810. The fourth-order valence-corrected chi connectivity index (χ4v) is 2.28. The van der Waals surface area contributed by atoms with Crippen LogP contribution >= 0.6 is 11.6 Å². The third kappa shape index (κ3) is 5.25. The van der Waals surface area contributed by atoms with Gasteiger partial charge in [-0.2, -0.15) is 0 Å². The summed E-state index contributed by atoms with van der Waals surface area (Å²) in [6.07, 6.45) is 2.16. The van der Waals surface area contributed by atoms with Crippen molar-refractivity contribution in [3.05, 3.63) is 28.3 Å². The summed E-state index contributed by atoms with van der Waals surface area (Å²) < 4.78 is 10.6. The maximum atomic E-state index is 6.25. The van der Waals surface area contributed by atoms with Crippen LogP contribution in [-0.2, 0) is 0 Å². The Balaban J connectivity index is 3.12. The number of ether oxygens (including phenoxy) is 2. The lowest BCUT2D eigenvalue weighted by Gasteiger charge is -2.16.